The number of rotatable bonds is 3. The summed E-state index contributed by atoms with van der Waals surface area (Å²) >= 11 is 0. The monoisotopic (exact) mass is 292 g/mol. The SMILES string of the molecule is Cc1cccc(-n2nc(C(=O)NN)cc2-c2ccccc2)c1. The maximum atomic E-state index is 11.8. The number of carbonyl (C=O) groups is 1. The molecule has 110 valence electrons. The first-order chi connectivity index (χ1) is 10.7. The summed E-state index contributed by atoms with van der Waals surface area (Å²) < 4.78 is 1.76. The van der Waals surface area contributed by atoms with Gasteiger partial charge in [0, 0.05) is 5.56 Å². The normalized spacial score (nSPS) is 10.5. The minimum atomic E-state index is -0.413. The number of hydrogen-bond acceptors (Lipinski definition) is 3. The van der Waals surface area contributed by atoms with Crippen molar-refractivity contribution < 1.29 is 4.79 Å². The Morgan fingerprint density at radius 3 is 2.55 bits per heavy atom. The average Bonchev–Trinajstić information content (AvgIpc) is 3.00. The van der Waals surface area contributed by atoms with Crippen LogP contribution in [-0.4, -0.2) is 15.7 Å². The molecule has 3 aromatic rings. The molecule has 1 amide bonds. The van der Waals surface area contributed by atoms with Crippen LogP contribution in [0, 0.1) is 6.92 Å². The average molecular weight is 292 g/mol. The van der Waals surface area contributed by atoms with Crippen LogP contribution >= 0.6 is 0 Å². The molecule has 1 aromatic heterocycles. The number of benzene rings is 2. The third-order valence-corrected chi connectivity index (χ3v) is 3.39. The fourth-order valence-electron chi connectivity index (χ4n) is 2.34. The summed E-state index contributed by atoms with van der Waals surface area (Å²) in [5, 5.41) is 4.39. The highest BCUT2D eigenvalue weighted by atomic mass is 16.2. The summed E-state index contributed by atoms with van der Waals surface area (Å²) in [6.07, 6.45) is 0. The maximum Gasteiger partial charge on any atom is 0.285 e. The maximum absolute atomic E-state index is 11.8. The molecule has 5 heteroatoms. The van der Waals surface area contributed by atoms with Crippen LogP contribution in [0.4, 0.5) is 0 Å². The number of amides is 1. The van der Waals surface area contributed by atoms with Crippen molar-refractivity contribution in [3.05, 3.63) is 71.9 Å². The Balaban J connectivity index is 2.19. The molecule has 0 unspecified atom stereocenters. The van der Waals surface area contributed by atoms with Gasteiger partial charge in [0.15, 0.2) is 5.69 Å². The Bertz CT molecular complexity index is 809. The van der Waals surface area contributed by atoms with Gasteiger partial charge in [-0.2, -0.15) is 5.10 Å². The van der Waals surface area contributed by atoms with Gasteiger partial charge in [0.25, 0.3) is 5.91 Å². The van der Waals surface area contributed by atoms with Gasteiger partial charge in [-0.3, -0.25) is 10.2 Å². The van der Waals surface area contributed by atoms with E-state index < -0.39 is 5.91 Å². The van der Waals surface area contributed by atoms with Gasteiger partial charge >= 0.3 is 0 Å². The van der Waals surface area contributed by atoms with E-state index in [4.69, 9.17) is 5.84 Å². The van der Waals surface area contributed by atoms with Crippen LogP contribution < -0.4 is 11.3 Å². The van der Waals surface area contributed by atoms with E-state index in [1.165, 1.54) is 0 Å². The standard InChI is InChI=1S/C17H16N4O/c1-12-6-5-9-14(10-12)21-16(13-7-3-2-4-8-13)11-15(20-21)17(22)19-18/h2-11H,18H2,1H3,(H,19,22). The lowest BCUT2D eigenvalue weighted by Crippen LogP contribution is -2.30. The van der Waals surface area contributed by atoms with Crippen molar-refractivity contribution in [2.45, 2.75) is 6.92 Å². The van der Waals surface area contributed by atoms with Gasteiger partial charge in [-0.15, -0.1) is 0 Å². The molecule has 0 atom stereocenters. The molecular formula is C17H16N4O. The van der Waals surface area contributed by atoms with Gasteiger partial charge in [-0.05, 0) is 30.7 Å². The van der Waals surface area contributed by atoms with E-state index in [0.717, 1.165) is 22.5 Å². The topological polar surface area (TPSA) is 72.9 Å². The number of aryl methyl sites for hydroxylation is 1. The predicted octanol–water partition coefficient (Wildman–Crippen LogP) is 2.45. The number of hydrogen-bond donors (Lipinski definition) is 2. The van der Waals surface area contributed by atoms with E-state index in [1.807, 2.05) is 61.5 Å². The first kappa shape index (κ1) is 14.0. The lowest BCUT2D eigenvalue weighted by atomic mass is 10.1. The highest BCUT2D eigenvalue weighted by Crippen LogP contribution is 2.24. The van der Waals surface area contributed by atoms with Gasteiger partial charge in [0.1, 0.15) is 0 Å². The Hall–Kier alpha value is -2.92. The number of nitrogen functional groups attached to an aromatic ring is 1. The minimum absolute atomic E-state index is 0.280. The molecule has 0 spiro atoms. The van der Waals surface area contributed by atoms with E-state index in [1.54, 1.807) is 10.7 Å². The van der Waals surface area contributed by atoms with E-state index >= 15 is 0 Å². The largest absolute Gasteiger partial charge is 0.289 e. The summed E-state index contributed by atoms with van der Waals surface area (Å²) in [5.41, 5.74) is 6.24. The van der Waals surface area contributed by atoms with Gasteiger partial charge in [0.05, 0.1) is 11.4 Å². The molecule has 5 nitrogen and oxygen atoms in total. The van der Waals surface area contributed by atoms with Gasteiger partial charge in [-0.25, -0.2) is 10.5 Å². The van der Waals surface area contributed by atoms with Crippen molar-refractivity contribution in [3.8, 4) is 16.9 Å². The molecule has 3 N–H and O–H groups in total. The van der Waals surface area contributed by atoms with Gasteiger partial charge in [-0.1, -0.05) is 42.5 Å². The second kappa shape index (κ2) is 5.83. The highest BCUT2D eigenvalue weighted by Gasteiger charge is 2.15. The minimum Gasteiger partial charge on any atom is -0.289 e. The third-order valence-electron chi connectivity index (χ3n) is 3.39. The molecule has 0 bridgehead atoms. The molecule has 0 radical (unpaired) electrons. The molecule has 0 fully saturated rings. The predicted molar refractivity (Wildman–Crippen MR) is 85.4 cm³/mol. The Morgan fingerprint density at radius 1 is 1.09 bits per heavy atom. The fraction of sp³-hybridized carbons (Fsp3) is 0.0588. The number of carbonyl (C=O) groups excluding carboxylic acids is 1. The first-order valence-electron chi connectivity index (χ1n) is 6.92. The summed E-state index contributed by atoms with van der Waals surface area (Å²) in [7, 11) is 0. The zero-order valence-corrected chi connectivity index (χ0v) is 12.2. The molecule has 0 saturated heterocycles. The summed E-state index contributed by atoms with van der Waals surface area (Å²) in [6.45, 7) is 2.02. The van der Waals surface area contributed by atoms with Crippen LogP contribution in [-0.2, 0) is 0 Å². The Kier molecular flexibility index (Phi) is 3.72. The fourth-order valence-corrected chi connectivity index (χ4v) is 2.34. The number of nitrogens with two attached hydrogens (primary N) is 1. The molecular weight excluding hydrogens is 276 g/mol. The lowest BCUT2D eigenvalue weighted by Gasteiger charge is -2.08. The number of aromatic nitrogens is 2. The number of nitrogens with one attached hydrogen (secondary N) is 1. The van der Waals surface area contributed by atoms with E-state index in [9.17, 15) is 4.79 Å². The molecule has 0 saturated carbocycles. The zero-order valence-electron chi connectivity index (χ0n) is 12.2. The lowest BCUT2D eigenvalue weighted by molar-refractivity contribution is 0.0948. The highest BCUT2D eigenvalue weighted by molar-refractivity contribution is 5.93. The summed E-state index contributed by atoms with van der Waals surface area (Å²) in [4.78, 5) is 11.8. The third kappa shape index (κ3) is 2.62. The molecule has 3 rings (SSSR count). The van der Waals surface area contributed by atoms with Crippen LogP contribution in [0.5, 0.6) is 0 Å². The van der Waals surface area contributed by atoms with Crippen LogP contribution in [0.3, 0.4) is 0 Å². The van der Waals surface area contributed by atoms with Crippen molar-refractivity contribution >= 4 is 5.91 Å². The van der Waals surface area contributed by atoms with Crippen LogP contribution in [0.2, 0.25) is 0 Å². The van der Waals surface area contributed by atoms with E-state index in [0.29, 0.717) is 0 Å². The molecule has 2 aromatic carbocycles. The number of hydrazine groups is 1. The first-order valence-corrected chi connectivity index (χ1v) is 6.92. The second-order valence-electron chi connectivity index (χ2n) is 5.01. The van der Waals surface area contributed by atoms with Crippen LogP contribution in [0.25, 0.3) is 16.9 Å². The van der Waals surface area contributed by atoms with Crippen molar-refractivity contribution in [2.75, 3.05) is 0 Å². The van der Waals surface area contributed by atoms with Gasteiger partial charge < -0.3 is 0 Å². The van der Waals surface area contributed by atoms with Crippen molar-refractivity contribution in [1.29, 1.82) is 0 Å². The van der Waals surface area contributed by atoms with Crippen LogP contribution in [0.1, 0.15) is 16.1 Å². The van der Waals surface area contributed by atoms with Crippen molar-refractivity contribution in [1.82, 2.24) is 15.2 Å². The van der Waals surface area contributed by atoms with Gasteiger partial charge in [0.2, 0.25) is 0 Å². The molecule has 0 aliphatic carbocycles. The molecule has 0 aliphatic rings. The molecule has 22 heavy (non-hydrogen) atoms. The molecule has 1 heterocycles. The zero-order chi connectivity index (χ0) is 15.5. The summed E-state index contributed by atoms with van der Waals surface area (Å²) in [5.74, 6) is 4.80. The molecule has 0 aliphatic heterocycles. The smallest absolute Gasteiger partial charge is 0.285 e. The quantitative estimate of drug-likeness (QED) is 0.442. The van der Waals surface area contributed by atoms with Crippen molar-refractivity contribution in [3.63, 3.8) is 0 Å². The van der Waals surface area contributed by atoms with E-state index in [2.05, 4.69) is 10.5 Å². The Labute approximate surface area is 128 Å². The van der Waals surface area contributed by atoms with Crippen LogP contribution in [0.15, 0.2) is 60.7 Å². The second-order valence-corrected chi connectivity index (χ2v) is 5.01. The summed E-state index contributed by atoms with van der Waals surface area (Å²) in [6, 6.07) is 19.5. The van der Waals surface area contributed by atoms with Crippen molar-refractivity contribution in [2.24, 2.45) is 5.84 Å². The Morgan fingerprint density at radius 2 is 1.86 bits per heavy atom. The van der Waals surface area contributed by atoms with E-state index in [-0.39, 0.29) is 5.69 Å². The number of nitrogens with zero attached hydrogens (tertiary/aromatic N) is 2.